The van der Waals surface area contributed by atoms with Gasteiger partial charge in [0.25, 0.3) is 0 Å². The average molecular weight is 490 g/mol. The van der Waals surface area contributed by atoms with Gasteiger partial charge in [0, 0.05) is 24.3 Å². The Bertz CT molecular complexity index is 1180. The molecule has 0 atom stereocenters. The van der Waals surface area contributed by atoms with Crippen LogP contribution in [-0.2, 0) is 0 Å². The molecule has 184 valence electrons. The van der Waals surface area contributed by atoms with Crippen LogP contribution in [0.5, 0.6) is 23.0 Å². The Hall–Kier alpha value is -5.38. The molecule has 6 N–H and O–H groups in total. The van der Waals surface area contributed by atoms with Crippen molar-refractivity contribution in [3.05, 3.63) is 108 Å². The predicted molar refractivity (Wildman–Crippen MR) is 124 cm³/mol. The lowest BCUT2D eigenvalue weighted by molar-refractivity contribution is -0.378. The lowest BCUT2D eigenvalue weighted by Gasteiger charge is -2.09. The quantitative estimate of drug-likeness (QED) is 0.333. The van der Waals surface area contributed by atoms with E-state index in [1.807, 2.05) is 49.1 Å². The molecule has 0 aliphatic carbocycles. The summed E-state index contributed by atoms with van der Waals surface area (Å²) in [7, 11) is 0. The van der Waals surface area contributed by atoms with Crippen molar-refractivity contribution in [2.75, 3.05) is 0 Å². The molecule has 0 amide bonds. The molecule has 0 bridgehead atoms. The van der Waals surface area contributed by atoms with Gasteiger partial charge in [-0.15, -0.1) is 0 Å². The molecule has 2 aromatic carbocycles. The second-order valence-electron chi connectivity index (χ2n) is 6.91. The number of nitrogens with one attached hydrogen (secondary N) is 2. The lowest BCUT2D eigenvalue weighted by atomic mass is 10.2. The van der Waals surface area contributed by atoms with Crippen LogP contribution in [0.1, 0.15) is 31.8 Å². The van der Waals surface area contributed by atoms with Crippen LogP contribution in [-0.4, -0.2) is 32.4 Å². The van der Waals surface area contributed by atoms with Crippen LogP contribution >= 0.6 is 0 Å². The fourth-order valence-corrected chi connectivity index (χ4v) is 2.68. The van der Waals surface area contributed by atoms with Crippen molar-refractivity contribution in [2.45, 2.75) is 0 Å². The molecule has 0 spiro atoms. The molecule has 10 heteroatoms. The number of carbonyl (C=O) groups is 2. The van der Waals surface area contributed by atoms with Crippen molar-refractivity contribution in [3.8, 4) is 23.0 Å². The largest absolute Gasteiger partial charge is 0.872 e. The van der Waals surface area contributed by atoms with Gasteiger partial charge in [0.15, 0.2) is 24.8 Å². The van der Waals surface area contributed by atoms with Gasteiger partial charge < -0.3 is 30.6 Å². The highest BCUT2D eigenvalue weighted by molar-refractivity contribution is 5.94. The third-order valence-electron chi connectivity index (χ3n) is 4.39. The summed E-state index contributed by atoms with van der Waals surface area (Å²) in [6.07, 6.45) is 11.8. The number of H-pyrrole nitrogens is 2. The molecule has 2 heterocycles. The van der Waals surface area contributed by atoms with Crippen molar-refractivity contribution in [2.24, 2.45) is 0 Å². The third-order valence-corrected chi connectivity index (χ3v) is 4.39. The summed E-state index contributed by atoms with van der Waals surface area (Å²) in [6.45, 7) is 0. The van der Waals surface area contributed by atoms with Gasteiger partial charge in [-0.2, -0.15) is 0 Å². The first-order valence-corrected chi connectivity index (χ1v) is 10.3. The van der Waals surface area contributed by atoms with E-state index in [9.17, 15) is 19.8 Å². The molecule has 0 saturated carbocycles. The van der Waals surface area contributed by atoms with Gasteiger partial charge in [0.1, 0.15) is 11.5 Å². The van der Waals surface area contributed by atoms with E-state index in [0.717, 1.165) is 24.3 Å². The summed E-state index contributed by atoms with van der Waals surface area (Å²) in [5.74, 6) is -5.17. The SMILES string of the molecule is C(=C\c1cc[nH+]cc1)/c1cc[nH+]cc1.O=C(O)c1c([O-])cccc1O.O=C(O)c1c([O-])cccc1O. The molecule has 0 radical (unpaired) electrons. The Morgan fingerprint density at radius 1 is 0.611 bits per heavy atom. The van der Waals surface area contributed by atoms with E-state index >= 15 is 0 Å². The first-order chi connectivity index (χ1) is 17.2. The highest BCUT2D eigenvalue weighted by Crippen LogP contribution is 2.24. The number of phenols is 2. The van der Waals surface area contributed by atoms with Crippen LogP contribution in [0.4, 0.5) is 0 Å². The summed E-state index contributed by atoms with van der Waals surface area (Å²) in [4.78, 5) is 26.5. The normalized spacial score (nSPS) is 9.89. The van der Waals surface area contributed by atoms with Crippen LogP contribution in [0.15, 0.2) is 85.5 Å². The summed E-state index contributed by atoms with van der Waals surface area (Å²) >= 11 is 0. The fraction of sp³-hybridized carbons (Fsp3) is 0. The van der Waals surface area contributed by atoms with Crippen molar-refractivity contribution in [1.82, 2.24) is 0 Å². The van der Waals surface area contributed by atoms with Gasteiger partial charge in [-0.1, -0.05) is 47.9 Å². The Morgan fingerprint density at radius 2 is 0.944 bits per heavy atom. The summed E-state index contributed by atoms with van der Waals surface area (Å²) in [6, 6.07) is 15.2. The van der Waals surface area contributed by atoms with E-state index in [4.69, 9.17) is 20.4 Å². The number of aromatic nitrogens is 2. The smallest absolute Gasteiger partial charge is 0.338 e. The highest BCUT2D eigenvalue weighted by Gasteiger charge is 2.09. The third kappa shape index (κ3) is 8.19. The van der Waals surface area contributed by atoms with E-state index in [1.165, 1.54) is 23.3 Å². The molecule has 36 heavy (non-hydrogen) atoms. The van der Waals surface area contributed by atoms with E-state index in [-0.39, 0.29) is 0 Å². The van der Waals surface area contributed by atoms with Crippen molar-refractivity contribution in [3.63, 3.8) is 0 Å². The number of aromatic hydroxyl groups is 2. The molecular weight excluding hydrogens is 468 g/mol. The van der Waals surface area contributed by atoms with Gasteiger partial charge in [-0.25, -0.2) is 19.6 Å². The Morgan fingerprint density at radius 3 is 1.19 bits per heavy atom. The maximum absolute atomic E-state index is 10.7. The standard InChI is InChI=1S/C12H10N2.2C7H6O4/c1(11-3-7-13-8-4-11)2-12-5-9-14-10-6-12;2*8-4-2-1-3-5(9)6(4)7(10)11/h1-10H;2*1-3,8-9H,(H,10,11)/b2-1+;;. The average Bonchev–Trinajstić information content (AvgIpc) is 2.84. The summed E-state index contributed by atoms with van der Waals surface area (Å²) in [5, 5.41) is 56.0. The van der Waals surface area contributed by atoms with Gasteiger partial charge in [-0.3, -0.25) is 0 Å². The Balaban J connectivity index is 0.000000193. The monoisotopic (exact) mass is 490 g/mol. The molecule has 4 aromatic rings. The maximum atomic E-state index is 10.7. The number of rotatable bonds is 4. The number of pyridine rings is 2. The molecular formula is C26H22N2O8. The Labute approximate surface area is 205 Å². The topological polar surface area (TPSA) is 189 Å². The maximum Gasteiger partial charge on any atom is 0.338 e. The minimum absolute atomic E-state index is 0.495. The molecule has 10 nitrogen and oxygen atoms in total. The summed E-state index contributed by atoms with van der Waals surface area (Å²) in [5.41, 5.74) is 1.23. The zero-order chi connectivity index (χ0) is 26.5. The second kappa shape index (κ2) is 13.4. The first-order valence-electron chi connectivity index (χ1n) is 10.3. The number of benzene rings is 2. The van der Waals surface area contributed by atoms with Crippen molar-refractivity contribution >= 4 is 24.1 Å². The molecule has 0 saturated heterocycles. The van der Waals surface area contributed by atoms with Crippen LogP contribution in [0, 0.1) is 0 Å². The van der Waals surface area contributed by atoms with Gasteiger partial charge in [0.05, 0.1) is 11.1 Å². The lowest BCUT2D eigenvalue weighted by Crippen LogP contribution is -2.03. The molecule has 0 unspecified atom stereocenters. The fourth-order valence-electron chi connectivity index (χ4n) is 2.68. The van der Waals surface area contributed by atoms with Crippen molar-refractivity contribution in [1.29, 1.82) is 0 Å². The van der Waals surface area contributed by atoms with Crippen LogP contribution in [0.2, 0.25) is 0 Å². The van der Waals surface area contributed by atoms with Gasteiger partial charge in [-0.05, 0) is 23.3 Å². The molecule has 0 aliphatic rings. The van der Waals surface area contributed by atoms with E-state index in [2.05, 4.69) is 22.1 Å². The molecule has 0 fully saturated rings. The number of carboxylic acid groups (broad SMARTS) is 2. The number of aromatic carboxylic acids is 2. The Kier molecular flexibility index (Phi) is 9.97. The van der Waals surface area contributed by atoms with Gasteiger partial charge in [0.2, 0.25) is 0 Å². The minimum Gasteiger partial charge on any atom is -0.872 e. The minimum atomic E-state index is -1.41. The number of carboxylic acids is 2. The van der Waals surface area contributed by atoms with Crippen LogP contribution in [0.3, 0.4) is 0 Å². The molecule has 2 aromatic heterocycles. The number of hydrogen-bond donors (Lipinski definition) is 4. The number of hydrogen-bond acceptors (Lipinski definition) is 6. The predicted octanol–water partition coefficient (Wildman–Crippen LogP) is 1.81. The highest BCUT2D eigenvalue weighted by atomic mass is 16.4. The van der Waals surface area contributed by atoms with E-state index in [1.54, 1.807) is 0 Å². The second-order valence-corrected chi connectivity index (χ2v) is 6.91. The van der Waals surface area contributed by atoms with E-state index < -0.39 is 46.1 Å². The van der Waals surface area contributed by atoms with Crippen molar-refractivity contribution < 1.29 is 50.2 Å². The zero-order valence-corrected chi connectivity index (χ0v) is 18.7. The van der Waals surface area contributed by atoms with E-state index in [0.29, 0.717) is 0 Å². The van der Waals surface area contributed by atoms with Gasteiger partial charge >= 0.3 is 11.9 Å². The number of aromatic amines is 2. The van der Waals surface area contributed by atoms with Crippen LogP contribution < -0.4 is 20.2 Å². The van der Waals surface area contributed by atoms with Crippen LogP contribution in [0.25, 0.3) is 12.2 Å². The first kappa shape index (κ1) is 26.9. The molecule has 0 aliphatic heterocycles. The zero-order valence-electron chi connectivity index (χ0n) is 18.7. The molecule has 4 rings (SSSR count). The summed E-state index contributed by atoms with van der Waals surface area (Å²) < 4.78 is 0.